The number of likely N-dealkylation sites (N-methyl/N-ethyl adjacent to an activating group) is 1. The van der Waals surface area contributed by atoms with Gasteiger partial charge in [-0.05, 0) is 52.3 Å². The van der Waals surface area contributed by atoms with Gasteiger partial charge >= 0.3 is 0 Å². The topological polar surface area (TPSA) is 32.5 Å². The largest absolute Gasteiger partial charge is 0.329 e. The molecule has 1 aromatic rings. The van der Waals surface area contributed by atoms with Crippen molar-refractivity contribution in [2.75, 3.05) is 20.6 Å². The predicted molar refractivity (Wildman–Crippen MR) is 88.2 cm³/mol. The summed E-state index contributed by atoms with van der Waals surface area (Å²) in [6, 6.07) is 10.4. The van der Waals surface area contributed by atoms with E-state index in [0.29, 0.717) is 0 Å². The summed E-state index contributed by atoms with van der Waals surface area (Å²) >= 11 is 0. The van der Waals surface area contributed by atoms with Crippen LogP contribution in [0.5, 0.6) is 0 Å². The molecule has 3 heteroatoms. The molecule has 3 rings (SSSR count). The molecule has 3 nitrogen and oxygen atoms in total. The number of aryl methyl sites for hydroxylation is 1. The average Bonchev–Trinajstić information content (AvgIpc) is 2.72. The molecule has 21 heavy (non-hydrogen) atoms. The van der Waals surface area contributed by atoms with Crippen molar-refractivity contribution >= 4 is 0 Å². The van der Waals surface area contributed by atoms with Crippen molar-refractivity contribution in [3.8, 4) is 0 Å². The van der Waals surface area contributed by atoms with Crippen molar-refractivity contribution in [2.45, 2.75) is 56.8 Å². The highest BCUT2D eigenvalue weighted by atomic mass is 15.3. The SMILES string of the molecule is Cc1ccc(CN(C)C2(CN)CC3CCC(C2)N3C)cc1. The molecule has 2 fully saturated rings. The fraction of sp³-hybridized carbons (Fsp3) is 0.667. The molecule has 2 atom stereocenters. The van der Waals surface area contributed by atoms with Gasteiger partial charge in [0.1, 0.15) is 0 Å². The molecule has 2 aliphatic heterocycles. The molecule has 0 amide bonds. The van der Waals surface area contributed by atoms with E-state index in [1.807, 2.05) is 0 Å². The summed E-state index contributed by atoms with van der Waals surface area (Å²) in [5.74, 6) is 0. The Labute approximate surface area is 129 Å². The van der Waals surface area contributed by atoms with Crippen molar-refractivity contribution in [3.05, 3.63) is 35.4 Å². The fourth-order valence-electron chi connectivity index (χ4n) is 4.31. The van der Waals surface area contributed by atoms with Gasteiger partial charge in [0, 0.05) is 30.7 Å². The average molecular weight is 287 g/mol. The van der Waals surface area contributed by atoms with Crippen molar-refractivity contribution in [1.29, 1.82) is 0 Å². The molecule has 1 aromatic carbocycles. The molecule has 116 valence electrons. The first-order valence-corrected chi connectivity index (χ1v) is 8.23. The second-order valence-corrected chi connectivity index (χ2v) is 7.23. The van der Waals surface area contributed by atoms with E-state index in [1.165, 1.54) is 36.8 Å². The summed E-state index contributed by atoms with van der Waals surface area (Å²) in [6.07, 6.45) is 5.14. The number of nitrogens with two attached hydrogens (primary N) is 1. The van der Waals surface area contributed by atoms with Crippen LogP contribution in [-0.2, 0) is 6.54 Å². The molecule has 0 spiro atoms. The van der Waals surface area contributed by atoms with Gasteiger partial charge in [0.15, 0.2) is 0 Å². The third kappa shape index (κ3) is 2.75. The fourth-order valence-corrected chi connectivity index (χ4v) is 4.31. The lowest BCUT2D eigenvalue weighted by Gasteiger charge is -2.50. The quantitative estimate of drug-likeness (QED) is 0.923. The van der Waals surface area contributed by atoms with Crippen molar-refractivity contribution in [2.24, 2.45) is 5.73 Å². The van der Waals surface area contributed by atoms with Gasteiger partial charge in [-0.3, -0.25) is 4.90 Å². The monoisotopic (exact) mass is 287 g/mol. The van der Waals surface area contributed by atoms with Gasteiger partial charge in [-0.25, -0.2) is 0 Å². The van der Waals surface area contributed by atoms with Crippen molar-refractivity contribution in [1.82, 2.24) is 9.80 Å². The zero-order valence-corrected chi connectivity index (χ0v) is 13.7. The summed E-state index contributed by atoms with van der Waals surface area (Å²) in [5, 5.41) is 0. The smallest absolute Gasteiger partial charge is 0.0361 e. The Morgan fingerprint density at radius 2 is 1.76 bits per heavy atom. The zero-order valence-electron chi connectivity index (χ0n) is 13.7. The predicted octanol–water partition coefficient (Wildman–Crippen LogP) is 2.38. The van der Waals surface area contributed by atoms with Crippen LogP contribution in [0.1, 0.15) is 36.8 Å². The minimum Gasteiger partial charge on any atom is -0.329 e. The summed E-state index contributed by atoms with van der Waals surface area (Å²) in [6.45, 7) is 3.92. The third-order valence-corrected chi connectivity index (χ3v) is 5.95. The molecular weight excluding hydrogens is 258 g/mol. The summed E-state index contributed by atoms with van der Waals surface area (Å²) in [4.78, 5) is 5.11. The number of nitrogens with zero attached hydrogens (tertiary/aromatic N) is 2. The number of fused-ring (bicyclic) bond motifs is 2. The minimum atomic E-state index is 0.184. The van der Waals surface area contributed by atoms with Crippen LogP contribution in [0.2, 0.25) is 0 Å². The maximum atomic E-state index is 6.25. The number of benzene rings is 1. The second kappa shape index (κ2) is 5.71. The van der Waals surface area contributed by atoms with Gasteiger partial charge in [-0.15, -0.1) is 0 Å². The van der Waals surface area contributed by atoms with Crippen LogP contribution in [0.15, 0.2) is 24.3 Å². The van der Waals surface area contributed by atoms with E-state index in [0.717, 1.165) is 25.2 Å². The van der Waals surface area contributed by atoms with Gasteiger partial charge in [0.05, 0.1) is 0 Å². The molecule has 2 aliphatic rings. The van der Waals surface area contributed by atoms with Crippen LogP contribution in [0.25, 0.3) is 0 Å². The van der Waals surface area contributed by atoms with E-state index in [-0.39, 0.29) is 5.54 Å². The normalized spacial score (nSPS) is 32.8. The van der Waals surface area contributed by atoms with Gasteiger partial charge in [-0.2, -0.15) is 0 Å². The maximum absolute atomic E-state index is 6.25. The molecule has 0 aliphatic carbocycles. The van der Waals surface area contributed by atoms with Gasteiger partial charge in [0.25, 0.3) is 0 Å². The highest BCUT2D eigenvalue weighted by Crippen LogP contribution is 2.42. The van der Waals surface area contributed by atoms with Crippen LogP contribution in [-0.4, -0.2) is 48.1 Å². The zero-order chi connectivity index (χ0) is 15.0. The van der Waals surface area contributed by atoms with E-state index in [1.54, 1.807) is 0 Å². The highest BCUT2D eigenvalue weighted by molar-refractivity contribution is 5.21. The molecule has 2 N–H and O–H groups in total. The highest BCUT2D eigenvalue weighted by Gasteiger charge is 2.48. The summed E-state index contributed by atoms with van der Waals surface area (Å²) < 4.78 is 0. The van der Waals surface area contributed by atoms with E-state index >= 15 is 0 Å². The van der Waals surface area contributed by atoms with Crippen LogP contribution >= 0.6 is 0 Å². The lowest BCUT2D eigenvalue weighted by Crippen LogP contribution is -2.60. The molecule has 0 saturated carbocycles. The van der Waals surface area contributed by atoms with E-state index in [4.69, 9.17) is 5.73 Å². The summed E-state index contributed by atoms with van der Waals surface area (Å²) in [5.41, 5.74) is 9.16. The molecular formula is C18H29N3. The Bertz CT molecular complexity index is 468. The first-order valence-electron chi connectivity index (χ1n) is 8.23. The molecule has 2 unspecified atom stereocenters. The number of hydrogen-bond acceptors (Lipinski definition) is 3. The summed E-state index contributed by atoms with van der Waals surface area (Å²) in [7, 11) is 4.56. The molecule has 0 radical (unpaired) electrons. The van der Waals surface area contributed by atoms with Crippen LogP contribution in [0.3, 0.4) is 0 Å². The first kappa shape index (κ1) is 15.0. The minimum absolute atomic E-state index is 0.184. The van der Waals surface area contributed by atoms with Gasteiger partial charge < -0.3 is 10.6 Å². The molecule has 2 saturated heterocycles. The Balaban J connectivity index is 1.75. The van der Waals surface area contributed by atoms with Gasteiger partial charge in [-0.1, -0.05) is 29.8 Å². The first-order chi connectivity index (χ1) is 10.0. The number of piperidine rings is 1. The second-order valence-electron chi connectivity index (χ2n) is 7.23. The van der Waals surface area contributed by atoms with Crippen LogP contribution in [0.4, 0.5) is 0 Å². The van der Waals surface area contributed by atoms with Crippen molar-refractivity contribution in [3.63, 3.8) is 0 Å². The van der Waals surface area contributed by atoms with Crippen LogP contribution in [0, 0.1) is 6.92 Å². The number of rotatable bonds is 4. The van der Waals surface area contributed by atoms with Crippen LogP contribution < -0.4 is 5.73 Å². The lowest BCUT2D eigenvalue weighted by molar-refractivity contribution is 0.0118. The molecule has 0 aromatic heterocycles. The molecule has 2 heterocycles. The Kier molecular flexibility index (Phi) is 4.08. The van der Waals surface area contributed by atoms with Gasteiger partial charge in [0.2, 0.25) is 0 Å². The Hall–Kier alpha value is -0.900. The molecule has 2 bridgehead atoms. The third-order valence-electron chi connectivity index (χ3n) is 5.95. The Morgan fingerprint density at radius 3 is 2.29 bits per heavy atom. The Morgan fingerprint density at radius 1 is 1.19 bits per heavy atom. The lowest BCUT2D eigenvalue weighted by atomic mass is 9.81. The van der Waals surface area contributed by atoms with E-state index in [2.05, 4.69) is 55.1 Å². The van der Waals surface area contributed by atoms with Crippen molar-refractivity contribution < 1.29 is 0 Å². The standard InChI is InChI=1S/C18H29N3/c1-14-4-6-15(7-5-14)12-20(2)18(13-19)10-16-8-9-17(11-18)21(16)3/h4-7,16-17H,8-13,19H2,1-3H3. The maximum Gasteiger partial charge on any atom is 0.0361 e. The van der Waals surface area contributed by atoms with E-state index in [9.17, 15) is 0 Å². The van der Waals surface area contributed by atoms with E-state index < -0.39 is 0 Å². The number of hydrogen-bond donors (Lipinski definition) is 1.